The second-order valence-corrected chi connectivity index (χ2v) is 4.03. The van der Waals surface area contributed by atoms with Crippen LogP contribution in [0.1, 0.15) is 13.3 Å². The van der Waals surface area contributed by atoms with Crippen LogP contribution >= 0.6 is 0 Å². The van der Waals surface area contributed by atoms with E-state index in [0.29, 0.717) is 6.61 Å². The van der Waals surface area contributed by atoms with E-state index < -0.39 is 43.6 Å². The first-order valence-corrected chi connectivity index (χ1v) is 6.00. The average molecular weight is 282 g/mol. The van der Waals surface area contributed by atoms with Crippen LogP contribution in [0.5, 0.6) is 0 Å². The van der Waals surface area contributed by atoms with Gasteiger partial charge >= 0.3 is 5.97 Å². The topological polar surface area (TPSA) is 137 Å². The fraction of sp³-hybridized carbons (Fsp3) is 0.909. The summed E-state index contributed by atoms with van der Waals surface area (Å²) >= 11 is 0. The summed E-state index contributed by atoms with van der Waals surface area (Å²) in [5.74, 6) is -0.711. The third-order valence-electron chi connectivity index (χ3n) is 2.31. The summed E-state index contributed by atoms with van der Waals surface area (Å²) in [6.45, 7) is 0.694. The van der Waals surface area contributed by atoms with E-state index in [1.54, 1.807) is 0 Å². The van der Waals surface area contributed by atoms with Gasteiger partial charge in [-0.1, -0.05) is 6.92 Å². The van der Waals surface area contributed by atoms with E-state index >= 15 is 0 Å². The smallest absolute Gasteiger partial charge is 0.332 e. The molecule has 5 N–H and O–H groups in total. The zero-order valence-electron chi connectivity index (χ0n) is 10.8. The van der Waals surface area contributed by atoms with Gasteiger partial charge in [0.15, 0.2) is 0 Å². The highest BCUT2D eigenvalue weighted by Gasteiger charge is 2.30. The molecule has 0 rings (SSSR count). The van der Waals surface area contributed by atoms with E-state index in [2.05, 4.69) is 4.74 Å². The van der Waals surface area contributed by atoms with Gasteiger partial charge in [-0.2, -0.15) is 0 Å². The maximum atomic E-state index is 11.1. The first kappa shape index (κ1) is 18.2. The lowest BCUT2D eigenvalue weighted by Crippen LogP contribution is -2.47. The summed E-state index contributed by atoms with van der Waals surface area (Å²) in [7, 11) is 0. The molecule has 0 bridgehead atoms. The monoisotopic (exact) mass is 282 g/mol. The lowest BCUT2D eigenvalue weighted by Gasteiger charge is -2.25. The van der Waals surface area contributed by atoms with Crippen LogP contribution in [0.3, 0.4) is 0 Å². The highest BCUT2D eigenvalue weighted by atomic mass is 16.6. The van der Waals surface area contributed by atoms with Crippen molar-refractivity contribution in [3.63, 3.8) is 0 Å². The maximum absolute atomic E-state index is 11.1. The van der Waals surface area contributed by atoms with Crippen LogP contribution in [0.4, 0.5) is 0 Å². The van der Waals surface area contributed by atoms with Gasteiger partial charge in [-0.25, -0.2) is 4.79 Å². The third kappa shape index (κ3) is 7.41. The lowest BCUT2D eigenvalue weighted by atomic mass is 10.0. The summed E-state index contributed by atoms with van der Waals surface area (Å²) in [6, 6.07) is 0. The molecule has 0 saturated heterocycles. The predicted molar refractivity (Wildman–Crippen MR) is 63.2 cm³/mol. The first-order valence-electron chi connectivity index (χ1n) is 6.00. The normalized spacial score (nSPS) is 17.6. The van der Waals surface area contributed by atoms with Gasteiger partial charge < -0.3 is 35.0 Å². The number of carbonyl (C=O) groups is 1. The van der Waals surface area contributed by atoms with E-state index in [0.717, 1.165) is 6.42 Å². The van der Waals surface area contributed by atoms with Gasteiger partial charge in [0, 0.05) is 6.61 Å². The van der Waals surface area contributed by atoms with E-state index in [-0.39, 0.29) is 6.61 Å². The summed E-state index contributed by atoms with van der Waals surface area (Å²) in [5.41, 5.74) is 0. The van der Waals surface area contributed by atoms with Crippen LogP contribution in [0, 0.1) is 0 Å². The quantitative estimate of drug-likeness (QED) is 0.217. The van der Waals surface area contributed by atoms with Gasteiger partial charge in [0.2, 0.25) is 0 Å². The molecule has 0 fully saturated rings. The zero-order chi connectivity index (χ0) is 14.8. The molecule has 0 radical (unpaired) electrons. The van der Waals surface area contributed by atoms with Crippen molar-refractivity contribution in [1.82, 2.24) is 0 Å². The Morgan fingerprint density at radius 3 is 2.21 bits per heavy atom. The van der Waals surface area contributed by atoms with Crippen molar-refractivity contribution in [2.45, 2.75) is 37.8 Å². The largest absolute Gasteiger partial charge is 0.461 e. The summed E-state index contributed by atoms with van der Waals surface area (Å²) in [6.07, 6.45) is -5.90. The molecular weight excluding hydrogens is 260 g/mol. The Labute approximate surface area is 111 Å². The van der Waals surface area contributed by atoms with Crippen molar-refractivity contribution >= 4 is 5.97 Å². The fourth-order valence-corrected chi connectivity index (χ4v) is 1.18. The highest BCUT2D eigenvalue weighted by molar-refractivity contribution is 5.70. The number of hydrogen-bond acceptors (Lipinski definition) is 8. The molecule has 0 aromatic heterocycles. The summed E-state index contributed by atoms with van der Waals surface area (Å²) in [4.78, 5) is 11.1. The van der Waals surface area contributed by atoms with Crippen molar-refractivity contribution < 1.29 is 39.8 Å². The molecule has 0 saturated carbocycles. The highest BCUT2D eigenvalue weighted by Crippen LogP contribution is 2.05. The molecule has 4 atom stereocenters. The van der Waals surface area contributed by atoms with Gasteiger partial charge in [0.1, 0.15) is 37.6 Å². The predicted octanol–water partition coefficient (Wildman–Crippen LogP) is -2.61. The average Bonchev–Trinajstić information content (AvgIpc) is 2.42. The Kier molecular flexibility index (Phi) is 9.66. The fourth-order valence-electron chi connectivity index (χ4n) is 1.18. The van der Waals surface area contributed by atoms with E-state index in [1.165, 1.54) is 0 Å². The van der Waals surface area contributed by atoms with E-state index in [4.69, 9.17) is 14.9 Å². The number of aliphatic hydroxyl groups is 5. The molecule has 0 aromatic carbocycles. The van der Waals surface area contributed by atoms with Crippen molar-refractivity contribution in [1.29, 1.82) is 0 Å². The minimum atomic E-state index is -1.74. The summed E-state index contributed by atoms with van der Waals surface area (Å²) in [5, 5.41) is 45.8. The molecule has 0 heterocycles. The Morgan fingerprint density at radius 2 is 1.68 bits per heavy atom. The molecule has 0 amide bonds. The number of rotatable bonds is 10. The van der Waals surface area contributed by atoms with Crippen LogP contribution in [0.2, 0.25) is 0 Å². The molecule has 0 spiro atoms. The molecule has 4 unspecified atom stereocenters. The summed E-state index contributed by atoms with van der Waals surface area (Å²) < 4.78 is 9.51. The second kappa shape index (κ2) is 10.1. The van der Waals surface area contributed by atoms with Crippen LogP contribution < -0.4 is 0 Å². The minimum absolute atomic E-state index is 0.265. The van der Waals surface area contributed by atoms with Gasteiger partial charge in [-0.15, -0.1) is 0 Å². The molecule has 0 aromatic rings. The van der Waals surface area contributed by atoms with Gasteiger partial charge in [0.25, 0.3) is 0 Å². The number of hydrogen-bond donors (Lipinski definition) is 5. The number of carbonyl (C=O) groups excluding carboxylic acids is 1. The Hall–Kier alpha value is -0.770. The SMILES string of the molecule is CCCOCC(=O)OCC(O)C(O)C(O)C(O)CO. The van der Waals surface area contributed by atoms with Gasteiger partial charge in [-0.3, -0.25) is 0 Å². The van der Waals surface area contributed by atoms with E-state index in [1.807, 2.05) is 6.92 Å². The Balaban J connectivity index is 3.95. The standard InChI is InChI=1S/C11H22O8/c1-2-3-18-6-9(15)19-5-8(14)11(17)10(16)7(13)4-12/h7-8,10-14,16-17H,2-6H2,1H3. The molecular formula is C11H22O8. The maximum Gasteiger partial charge on any atom is 0.332 e. The first-order chi connectivity index (χ1) is 8.93. The number of ether oxygens (including phenoxy) is 2. The lowest BCUT2D eigenvalue weighted by molar-refractivity contribution is -0.160. The van der Waals surface area contributed by atoms with Crippen LogP contribution in [-0.2, 0) is 14.3 Å². The molecule has 19 heavy (non-hydrogen) atoms. The van der Waals surface area contributed by atoms with Crippen molar-refractivity contribution in [2.24, 2.45) is 0 Å². The van der Waals surface area contributed by atoms with Crippen molar-refractivity contribution in [3.8, 4) is 0 Å². The zero-order valence-corrected chi connectivity index (χ0v) is 10.8. The van der Waals surface area contributed by atoms with Crippen LogP contribution in [-0.4, -0.2) is 82.3 Å². The van der Waals surface area contributed by atoms with E-state index in [9.17, 15) is 20.1 Å². The van der Waals surface area contributed by atoms with Gasteiger partial charge in [0.05, 0.1) is 6.61 Å². The molecule has 0 aliphatic rings. The van der Waals surface area contributed by atoms with Gasteiger partial charge in [-0.05, 0) is 6.42 Å². The van der Waals surface area contributed by atoms with Crippen LogP contribution in [0.15, 0.2) is 0 Å². The Morgan fingerprint density at radius 1 is 1.11 bits per heavy atom. The molecule has 8 nitrogen and oxygen atoms in total. The van der Waals surface area contributed by atoms with Crippen LogP contribution in [0.25, 0.3) is 0 Å². The molecule has 0 aliphatic heterocycles. The minimum Gasteiger partial charge on any atom is -0.461 e. The Bertz CT molecular complexity index is 247. The third-order valence-corrected chi connectivity index (χ3v) is 2.31. The molecule has 0 aliphatic carbocycles. The molecule has 8 heteroatoms. The number of esters is 1. The molecule has 114 valence electrons. The van der Waals surface area contributed by atoms with Crippen molar-refractivity contribution in [2.75, 3.05) is 26.4 Å². The number of aliphatic hydroxyl groups excluding tert-OH is 5. The second-order valence-electron chi connectivity index (χ2n) is 4.03. The van der Waals surface area contributed by atoms with Crippen molar-refractivity contribution in [3.05, 3.63) is 0 Å².